The van der Waals surface area contributed by atoms with Gasteiger partial charge in [-0.15, -0.1) is 12.4 Å². The maximum atomic E-state index is 13.5. The number of aromatic nitrogens is 1. The molecule has 0 unspecified atom stereocenters. The third kappa shape index (κ3) is 6.22. The number of nitrogens with zero attached hydrogens (tertiary/aromatic N) is 3. The topological polar surface area (TPSA) is 64.1 Å². The van der Waals surface area contributed by atoms with Crippen molar-refractivity contribution >= 4 is 45.0 Å². The molecule has 0 bridgehead atoms. The molecule has 4 rings (SSSR count). The number of fused-ring (bicyclic) bond motifs is 1. The lowest BCUT2D eigenvalue weighted by Crippen LogP contribution is -2.36. The van der Waals surface area contributed by atoms with Gasteiger partial charge in [0.2, 0.25) is 0 Å². The molecule has 0 fully saturated rings. The fraction of sp³-hybridized carbons (Fsp3) is 0.231. The van der Waals surface area contributed by atoms with Crippen molar-refractivity contribution in [1.29, 1.82) is 0 Å². The average Bonchev–Trinajstić information content (AvgIpc) is 3.26. The first-order valence-electron chi connectivity index (χ1n) is 10.8. The second kappa shape index (κ2) is 11.9. The summed E-state index contributed by atoms with van der Waals surface area (Å²) in [7, 11) is 7.15. The van der Waals surface area contributed by atoms with Gasteiger partial charge in [-0.3, -0.25) is 9.69 Å². The molecule has 1 amide bonds. The van der Waals surface area contributed by atoms with E-state index < -0.39 is 0 Å². The summed E-state index contributed by atoms with van der Waals surface area (Å²) in [5.41, 5.74) is 1.32. The molecule has 3 aromatic carbocycles. The predicted molar refractivity (Wildman–Crippen MR) is 143 cm³/mol. The summed E-state index contributed by atoms with van der Waals surface area (Å²) in [6.45, 7) is 1.20. The van der Waals surface area contributed by atoms with Crippen molar-refractivity contribution in [2.75, 3.05) is 46.3 Å². The minimum Gasteiger partial charge on any atom is -0.493 e. The van der Waals surface area contributed by atoms with E-state index in [2.05, 4.69) is 0 Å². The third-order valence-corrected chi connectivity index (χ3v) is 6.25. The Morgan fingerprint density at radius 2 is 1.51 bits per heavy atom. The molecule has 4 aromatic rings. The van der Waals surface area contributed by atoms with Gasteiger partial charge in [-0.05, 0) is 50.5 Å². The Labute approximate surface area is 215 Å². The van der Waals surface area contributed by atoms with Crippen LogP contribution in [0.15, 0.2) is 66.7 Å². The van der Waals surface area contributed by atoms with Crippen LogP contribution in [0.4, 0.5) is 5.13 Å². The molecule has 0 saturated heterocycles. The minimum absolute atomic E-state index is 0. The van der Waals surface area contributed by atoms with Crippen LogP contribution in [-0.2, 0) is 0 Å². The lowest BCUT2D eigenvalue weighted by Gasteiger charge is -2.22. The van der Waals surface area contributed by atoms with Gasteiger partial charge in [0.1, 0.15) is 11.5 Å². The first kappa shape index (κ1) is 26.3. The molecular weight excluding hydrogens is 486 g/mol. The highest BCUT2D eigenvalue weighted by Gasteiger charge is 2.22. The Bertz CT molecular complexity index is 1220. The van der Waals surface area contributed by atoms with Crippen molar-refractivity contribution in [3.63, 3.8) is 0 Å². The highest BCUT2D eigenvalue weighted by molar-refractivity contribution is 7.22. The average molecular weight is 514 g/mol. The molecule has 35 heavy (non-hydrogen) atoms. The van der Waals surface area contributed by atoms with Crippen LogP contribution in [0.25, 0.3) is 10.2 Å². The van der Waals surface area contributed by atoms with Crippen LogP contribution in [-0.4, -0.2) is 57.2 Å². The first-order valence-corrected chi connectivity index (χ1v) is 11.6. The Morgan fingerprint density at radius 1 is 0.886 bits per heavy atom. The number of carbonyl (C=O) groups excluding carboxylic acids is 1. The molecular formula is C26H28ClN3O4S. The van der Waals surface area contributed by atoms with E-state index in [0.717, 1.165) is 16.0 Å². The maximum Gasteiger partial charge on any atom is 0.260 e. The molecule has 0 atom stereocenters. The molecule has 9 heteroatoms. The Hall–Kier alpha value is -3.33. The number of ether oxygens (including phenoxy) is 3. The van der Waals surface area contributed by atoms with E-state index in [1.807, 2.05) is 61.5 Å². The van der Waals surface area contributed by atoms with E-state index in [1.165, 1.54) is 11.3 Å². The number of thiazole rings is 1. The quantitative estimate of drug-likeness (QED) is 0.284. The van der Waals surface area contributed by atoms with Crippen LogP contribution < -0.4 is 19.1 Å². The Balaban J connectivity index is 0.00000342. The van der Waals surface area contributed by atoms with Crippen LogP contribution in [0.3, 0.4) is 0 Å². The van der Waals surface area contributed by atoms with E-state index in [9.17, 15) is 4.79 Å². The van der Waals surface area contributed by atoms with Gasteiger partial charge in [-0.1, -0.05) is 29.5 Å². The fourth-order valence-corrected chi connectivity index (χ4v) is 4.39. The van der Waals surface area contributed by atoms with Crippen molar-refractivity contribution in [3.05, 3.63) is 72.3 Å². The first-order chi connectivity index (χ1) is 16.5. The van der Waals surface area contributed by atoms with E-state index >= 15 is 0 Å². The summed E-state index contributed by atoms with van der Waals surface area (Å²) >= 11 is 1.45. The number of halogens is 1. The summed E-state index contributed by atoms with van der Waals surface area (Å²) in [6.07, 6.45) is 0. The van der Waals surface area contributed by atoms with Crippen LogP contribution in [0, 0.1) is 0 Å². The van der Waals surface area contributed by atoms with Gasteiger partial charge >= 0.3 is 0 Å². The number of carbonyl (C=O) groups is 1. The second-order valence-electron chi connectivity index (χ2n) is 7.87. The van der Waals surface area contributed by atoms with Gasteiger partial charge < -0.3 is 19.1 Å². The Morgan fingerprint density at radius 3 is 2.14 bits per heavy atom. The summed E-state index contributed by atoms with van der Waals surface area (Å²) in [6, 6.07) is 20.4. The smallest absolute Gasteiger partial charge is 0.260 e. The van der Waals surface area contributed by atoms with Gasteiger partial charge in [0.05, 0.1) is 24.4 Å². The Kier molecular flexibility index (Phi) is 8.92. The van der Waals surface area contributed by atoms with Gasteiger partial charge in [0.15, 0.2) is 16.6 Å². The van der Waals surface area contributed by atoms with Crippen molar-refractivity contribution in [1.82, 2.24) is 9.88 Å². The lowest BCUT2D eigenvalue weighted by molar-refractivity contribution is 0.0985. The van der Waals surface area contributed by atoms with E-state index in [0.29, 0.717) is 41.0 Å². The molecule has 7 nitrogen and oxygen atoms in total. The van der Waals surface area contributed by atoms with Gasteiger partial charge in [-0.2, -0.15) is 0 Å². The number of likely N-dealkylation sites (N-methyl/N-ethyl adjacent to an activating group) is 1. The number of anilines is 1. The molecule has 0 N–H and O–H groups in total. The van der Waals surface area contributed by atoms with Crippen LogP contribution >= 0.6 is 23.7 Å². The number of para-hydroxylation sites is 1. The second-order valence-corrected chi connectivity index (χ2v) is 8.88. The number of hydrogen-bond donors (Lipinski definition) is 0. The molecule has 0 radical (unpaired) electrons. The largest absolute Gasteiger partial charge is 0.493 e. The molecule has 1 heterocycles. The zero-order chi connectivity index (χ0) is 24.1. The molecule has 184 valence electrons. The maximum absolute atomic E-state index is 13.5. The summed E-state index contributed by atoms with van der Waals surface area (Å²) in [5, 5.41) is 0.627. The zero-order valence-corrected chi connectivity index (χ0v) is 21.7. The molecule has 0 aliphatic rings. The molecule has 0 saturated carbocycles. The standard InChI is InChI=1S/C26H27N3O4S.ClH/c1-28(2)14-15-29(26-27-21-16-22(31-3)23(32-4)17-24(21)34-26)25(30)18-10-12-20(13-11-18)33-19-8-6-5-7-9-19;/h5-13,16-17H,14-15H2,1-4H3;1H. The third-order valence-electron chi connectivity index (χ3n) is 5.21. The van der Waals surface area contributed by atoms with Crippen LogP contribution in [0.2, 0.25) is 0 Å². The SMILES string of the molecule is COc1cc2nc(N(CCN(C)C)C(=O)c3ccc(Oc4ccccc4)cc3)sc2cc1OC.Cl. The van der Waals surface area contributed by atoms with E-state index in [-0.39, 0.29) is 18.3 Å². The fourth-order valence-electron chi connectivity index (χ4n) is 3.39. The normalized spacial score (nSPS) is 10.7. The highest BCUT2D eigenvalue weighted by atomic mass is 35.5. The van der Waals surface area contributed by atoms with Gasteiger partial charge in [-0.25, -0.2) is 4.98 Å². The number of hydrogen-bond acceptors (Lipinski definition) is 7. The van der Waals surface area contributed by atoms with Crippen molar-refractivity contribution in [3.8, 4) is 23.0 Å². The van der Waals surface area contributed by atoms with Crippen LogP contribution in [0.5, 0.6) is 23.0 Å². The predicted octanol–water partition coefficient (Wildman–Crippen LogP) is 5.74. The van der Waals surface area contributed by atoms with Gasteiger partial charge in [0.25, 0.3) is 5.91 Å². The van der Waals surface area contributed by atoms with Crippen molar-refractivity contribution in [2.45, 2.75) is 0 Å². The molecule has 0 aliphatic heterocycles. The number of amides is 1. The van der Waals surface area contributed by atoms with E-state index in [1.54, 1.807) is 43.4 Å². The summed E-state index contributed by atoms with van der Waals surface area (Å²) in [5.74, 6) is 2.53. The highest BCUT2D eigenvalue weighted by Crippen LogP contribution is 2.37. The number of rotatable bonds is 9. The van der Waals surface area contributed by atoms with Gasteiger partial charge in [0, 0.05) is 30.8 Å². The van der Waals surface area contributed by atoms with Crippen molar-refractivity contribution in [2.24, 2.45) is 0 Å². The molecule has 0 aliphatic carbocycles. The number of methoxy groups -OCH3 is 2. The lowest BCUT2D eigenvalue weighted by atomic mass is 10.2. The summed E-state index contributed by atoms with van der Waals surface area (Å²) in [4.78, 5) is 22.0. The molecule has 1 aromatic heterocycles. The van der Waals surface area contributed by atoms with E-state index in [4.69, 9.17) is 19.2 Å². The monoisotopic (exact) mass is 513 g/mol. The number of benzene rings is 3. The van der Waals surface area contributed by atoms with Crippen molar-refractivity contribution < 1.29 is 19.0 Å². The minimum atomic E-state index is -0.119. The van der Waals surface area contributed by atoms with Crippen LogP contribution in [0.1, 0.15) is 10.4 Å². The zero-order valence-electron chi connectivity index (χ0n) is 20.1. The summed E-state index contributed by atoms with van der Waals surface area (Å²) < 4.78 is 17.6. The molecule has 0 spiro atoms.